The minimum Gasteiger partial charge on any atom is -0.474 e. The number of hydrogen-bond donors (Lipinski definition) is 3. The maximum absolute atomic E-state index is 13.1. The van der Waals surface area contributed by atoms with E-state index in [4.69, 9.17) is 20.8 Å². The Morgan fingerprint density at radius 2 is 1.90 bits per heavy atom. The second-order valence-corrected chi connectivity index (χ2v) is 23.8. The quantitative estimate of drug-likeness (QED) is 0.0840. The summed E-state index contributed by atoms with van der Waals surface area (Å²) < 4.78 is 43.0. The monoisotopic (exact) mass is 771 g/mol. The van der Waals surface area contributed by atoms with E-state index in [2.05, 4.69) is 78.1 Å². The minimum absolute atomic E-state index is 0.00936. The lowest BCUT2D eigenvalue weighted by Gasteiger charge is -2.47. The second kappa shape index (κ2) is 14.7. The molecule has 3 aliphatic rings. The molecule has 0 aromatic carbocycles. The van der Waals surface area contributed by atoms with Crippen LogP contribution >= 0.6 is 11.6 Å². The van der Waals surface area contributed by atoms with E-state index in [1.165, 1.54) is 42.5 Å². The third-order valence-electron chi connectivity index (χ3n) is 11.6. The van der Waals surface area contributed by atoms with Crippen LogP contribution in [0.25, 0.3) is 5.82 Å². The number of carbonyl (C=O) groups is 1. The molecule has 1 saturated heterocycles. The van der Waals surface area contributed by atoms with Gasteiger partial charge in [0.05, 0.1) is 11.7 Å². The molecule has 12 nitrogen and oxygen atoms in total. The van der Waals surface area contributed by atoms with E-state index in [0.29, 0.717) is 47.9 Å². The molecule has 1 amide bonds. The average molecular weight is 772 g/mol. The zero-order valence-corrected chi connectivity index (χ0v) is 34.0. The Labute approximate surface area is 314 Å². The number of sulfonamides is 1. The molecule has 4 heterocycles. The number of anilines is 1. The maximum Gasteiger partial charge on any atom is 0.281 e. The van der Waals surface area contributed by atoms with Crippen molar-refractivity contribution >= 4 is 41.7 Å². The molecule has 284 valence electrons. The molecule has 2 aliphatic carbocycles. The van der Waals surface area contributed by atoms with Crippen molar-refractivity contribution in [2.75, 3.05) is 25.0 Å². The first-order valence-electron chi connectivity index (χ1n) is 18.4. The average Bonchev–Trinajstić information content (AvgIpc) is 3.64. The van der Waals surface area contributed by atoms with Crippen LogP contribution in [-0.2, 0) is 14.4 Å². The van der Waals surface area contributed by atoms with Gasteiger partial charge in [-0.25, -0.2) is 19.4 Å². The van der Waals surface area contributed by atoms with Gasteiger partial charge in [0, 0.05) is 24.3 Å². The highest BCUT2D eigenvalue weighted by Crippen LogP contribution is 2.66. The fraction of sp³-hybridized carbons (Fsp3) is 0.622. The number of nitrogens with one attached hydrogen (secondary N) is 3. The van der Waals surface area contributed by atoms with Gasteiger partial charge in [0.1, 0.15) is 17.6 Å². The van der Waals surface area contributed by atoms with Gasteiger partial charge in [-0.1, -0.05) is 38.4 Å². The lowest BCUT2D eigenvalue weighted by molar-refractivity contribution is -0.0192. The number of aromatic nitrogens is 4. The summed E-state index contributed by atoms with van der Waals surface area (Å²) in [6.45, 7) is 17.8. The molecule has 3 fully saturated rings. The van der Waals surface area contributed by atoms with Crippen LogP contribution in [0, 0.1) is 17.3 Å². The summed E-state index contributed by atoms with van der Waals surface area (Å²) in [5.74, 6) is 1.40. The Morgan fingerprint density at radius 3 is 2.54 bits per heavy atom. The predicted octanol–water partition coefficient (Wildman–Crippen LogP) is 6.97. The summed E-state index contributed by atoms with van der Waals surface area (Å²) in [4.78, 5) is 21.7. The van der Waals surface area contributed by atoms with Gasteiger partial charge in [-0.3, -0.25) is 4.79 Å². The van der Waals surface area contributed by atoms with Crippen molar-refractivity contribution in [2.45, 2.75) is 114 Å². The second-order valence-electron chi connectivity index (χ2n) is 17.0. The molecule has 1 spiro atoms. The lowest BCUT2D eigenvalue weighted by atomic mass is 9.67. The topological polar surface area (TPSA) is 149 Å². The summed E-state index contributed by atoms with van der Waals surface area (Å²) in [6.07, 6.45) is 9.82. The molecule has 3 atom stereocenters. The lowest BCUT2D eigenvalue weighted by Crippen LogP contribution is -2.51. The Hall–Kier alpha value is -3.04. The first-order chi connectivity index (χ1) is 24.4. The van der Waals surface area contributed by atoms with Crippen LogP contribution in [-0.4, -0.2) is 73.7 Å². The van der Waals surface area contributed by atoms with Gasteiger partial charge in [0.2, 0.25) is 5.88 Å². The molecular formula is C37H54ClN7O5SSi. The zero-order chi connectivity index (χ0) is 37.5. The molecule has 2 saturated carbocycles. The van der Waals surface area contributed by atoms with Crippen LogP contribution in [0.2, 0.25) is 23.3 Å². The van der Waals surface area contributed by atoms with Gasteiger partial charge in [-0.05, 0) is 125 Å². The highest BCUT2D eigenvalue weighted by atomic mass is 35.5. The van der Waals surface area contributed by atoms with Crippen molar-refractivity contribution in [3.8, 4) is 11.7 Å². The molecule has 0 radical (unpaired) electrons. The van der Waals surface area contributed by atoms with Crippen molar-refractivity contribution in [1.29, 1.82) is 0 Å². The van der Waals surface area contributed by atoms with Crippen LogP contribution in [0.1, 0.15) is 89.9 Å². The number of carbonyl (C=O) groups excluding carboxylic acids is 1. The van der Waals surface area contributed by atoms with E-state index in [0.717, 1.165) is 25.8 Å². The number of halogens is 1. The van der Waals surface area contributed by atoms with E-state index in [9.17, 15) is 13.2 Å². The molecule has 3 aromatic heterocycles. The van der Waals surface area contributed by atoms with Gasteiger partial charge in [0.15, 0.2) is 19.2 Å². The number of rotatable bonds is 15. The van der Waals surface area contributed by atoms with Gasteiger partial charge in [0.25, 0.3) is 15.9 Å². The standard InChI is InChI=1S/C37H54ClN7O5SSi/c1-35(2,3)52(6,7)50-28(27-15-17-37(27)18-19-37)24-49-31-16-21-45(43-31)30-14-13-26(33(38)42-30)34(46)44-51(47,48)32-12-8-11-29(41-32)39-20-9-10-25-22-36(4,5)40-23-25/h8,11-14,16,21,25,27-28,40H,9-10,15,17-20,22-24H2,1-7H3,(H,39,41)(H,44,46)/t25-,27?,28?/m0/s1. The molecular weight excluding hydrogens is 718 g/mol. The van der Waals surface area contributed by atoms with Crippen molar-refractivity contribution in [1.82, 2.24) is 29.8 Å². The predicted molar refractivity (Wildman–Crippen MR) is 205 cm³/mol. The summed E-state index contributed by atoms with van der Waals surface area (Å²) in [5, 5.41) is 10.9. The first kappa shape index (κ1) is 38.7. The normalized spacial score (nSPS) is 21.4. The number of hydrogen-bond acceptors (Lipinski definition) is 10. The van der Waals surface area contributed by atoms with Crippen molar-refractivity contribution in [3.05, 3.63) is 53.3 Å². The highest BCUT2D eigenvalue weighted by Gasteiger charge is 2.59. The molecule has 6 rings (SSSR count). The van der Waals surface area contributed by atoms with E-state index in [1.807, 2.05) is 0 Å². The van der Waals surface area contributed by atoms with Crippen molar-refractivity contribution in [2.24, 2.45) is 17.3 Å². The van der Waals surface area contributed by atoms with Crippen LogP contribution in [0.15, 0.2) is 47.6 Å². The van der Waals surface area contributed by atoms with Crippen LogP contribution in [0.4, 0.5) is 5.82 Å². The number of pyridine rings is 2. The van der Waals surface area contributed by atoms with Crippen LogP contribution < -0.4 is 20.1 Å². The molecule has 3 aromatic rings. The molecule has 52 heavy (non-hydrogen) atoms. The maximum atomic E-state index is 13.1. The Bertz CT molecular complexity index is 1880. The third kappa shape index (κ3) is 8.83. The third-order valence-corrected chi connectivity index (χ3v) is 17.6. The van der Waals surface area contributed by atoms with Gasteiger partial charge in [-0.2, -0.15) is 8.42 Å². The van der Waals surface area contributed by atoms with Gasteiger partial charge < -0.3 is 19.8 Å². The zero-order valence-electron chi connectivity index (χ0n) is 31.5. The summed E-state index contributed by atoms with van der Waals surface area (Å²) in [5.41, 5.74) is 0.511. The van der Waals surface area contributed by atoms with Gasteiger partial charge in [-0.15, -0.1) is 5.10 Å². The van der Waals surface area contributed by atoms with E-state index < -0.39 is 24.2 Å². The van der Waals surface area contributed by atoms with E-state index >= 15 is 0 Å². The van der Waals surface area contributed by atoms with E-state index in [-0.39, 0.29) is 32.4 Å². The summed E-state index contributed by atoms with van der Waals surface area (Å²) in [7, 11) is -6.30. The molecule has 3 N–H and O–H groups in total. The SMILES string of the molecule is CC1(C)C[C@H](CCCNc2cccc(S(=O)(=O)NC(=O)c3ccc(-n4ccc(OCC(O[Si](C)(C)C(C)(C)C)C5CCC56CC6)n4)nc3Cl)n2)CN1. The largest absolute Gasteiger partial charge is 0.474 e. The number of nitrogens with zero attached hydrogens (tertiary/aromatic N) is 4. The molecule has 15 heteroatoms. The van der Waals surface area contributed by atoms with Crippen LogP contribution in [0.5, 0.6) is 5.88 Å². The smallest absolute Gasteiger partial charge is 0.281 e. The van der Waals surface area contributed by atoms with Crippen molar-refractivity contribution < 1.29 is 22.4 Å². The Balaban J connectivity index is 1.04. The Kier molecular flexibility index (Phi) is 10.9. The fourth-order valence-corrected chi connectivity index (χ4v) is 9.77. The van der Waals surface area contributed by atoms with Crippen molar-refractivity contribution in [3.63, 3.8) is 0 Å². The van der Waals surface area contributed by atoms with Crippen LogP contribution in [0.3, 0.4) is 0 Å². The number of ether oxygens (including phenoxy) is 1. The minimum atomic E-state index is -4.29. The summed E-state index contributed by atoms with van der Waals surface area (Å²) in [6, 6.07) is 9.34. The summed E-state index contributed by atoms with van der Waals surface area (Å²) >= 11 is 6.42. The Morgan fingerprint density at radius 1 is 1.13 bits per heavy atom. The van der Waals surface area contributed by atoms with Gasteiger partial charge >= 0.3 is 0 Å². The van der Waals surface area contributed by atoms with E-state index in [1.54, 1.807) is 30.5 Å². The highest BCUT2D eigenvalue weighted by molar-refractivity contribution is 7.90. The fourth-order valence-electron chi connectivity index (χ4n) is 7.26. The molecule has 2 unspecified atom stereocenters. The molecule has 0 bridgehead atoms. The number of amides is 1. The first-order valence-corrected chi connectivity index (χ1v) is 23.2. The molecule has 1 aliphatic heterocycles.